The van der Waals surface area contributed by atoms with Crippen LogP contribution in [-0.2, 0) is 4.74 Å². The van der Waals surface area contributed by atoms with Crippen LogP contribution in [0, 0.1) is 6.92 Å². The number of ether oxygens (including phenoxy) is 1. The van der Waals surface area contributed by atoms with Crippen molar-refractivity contribution in [3.63, 3.8) is 0 Å². The zero-order valence-electron chi connectivity index (χ0n) is 13.8. The van der Waals surface area contributed by atoms with Gasteiger partial charge in [0.15, 0.2) is 5.76 Å². The first-order valence-electron chi connectivity index (χ1n) is 8.18. The summed E-state index contributed by atoms with van der Waals surface area (Å²) in [7, 11) is 0. The molecule has 1 fully saturated rings. The number of thiazole rings is 1. The van der Waals surface area contributed by atoms with Crippen molar-refractivity contribution >= 4 is 17.2 Å². The summed E-state index contributed by atoms with van der Waals surface area (Å²) < 4.78 is 11.1. The van der Waals surface area contributed by atoms with Gasteiger partial charge in [0.25, 0.3) is 5.91 Å². The molecule has 128 valence electrons. The lowest BCUT2D eigenvalue weighted by Crippen LogP contribution is -2.43. The SMILES string of the molecule is Cc1ccc(C(=O)N2CCOC[C@@H]2c2csc(-c3ccccc3)n2)o1. The number of carbonyl (C=O) groups is 1. The number of morpholine rings is 1. The Labute approximate surface area is 149 Å². The van der Waals surface area contributed by atoms with Gasteiger partial charge in [-0.25, -0.2) is 4.98 Å². The third-order valence-electron chi connectivity index (χ3n) is 4.22. The van der Waals surface area contributed by atoms with Crippen LogP contribution in [0.25, 0.3) is 10.6 Å². The second kappa shape index (κ2) is 6.82. The van der Waals surface area contributed by atoms with Gasteiger partial charge in [0, 0.05) is 17.5 Å². The molecular formula is C19H18N2O3S. The van der Waals surface area contributed by atoms with Gasteiger partial charge < -0.3 is 14.1 Å². The smallest absolute Gasteiger partial charge is 0.290 e. The number of aryl methyl sites for hydroxylation is 1. The highest BCUT2D eigenvalue weighted by Gasteiger charge is 2.32. The normalized spacial score (nSPS) is 17.6. The maximum absolute atomic E-state index is 12.8. The van der Waals surface area contributed by atoms with Crippen LogP contribution < -0.4 is 0 Å². The summed E-state index contributed by atoms with van der Waals surface area (Å²) in [6, 6.07) is 13.4. The molecule has 0 N–H and O–H groups in total. The number of hydrogen-bond donors (Lipinski definition) is 0. The van der Waals surface area contributed by atoms with Crippen molar-refractivity contribution < 1.29 is 13.9 Å². The van der Waals surface area contributed by atoms with Crippen LogP contribution in [0.3, 0.4) is 0 Å². The van der Waals surface area contributed by atoms with E-state index in [0.29, 0.717) is 25.5 Å². The monoisotopic (exact) mass is 354 g/mol. The summed E-state index contributed by atoms with van der Waals surface area (Å²) in [4.78, 5) is 19.4. The molecule has 0 bridgehead atoms. The minimum atomic E-state index is -0.194. The largest absolute Gasteiger partial charge is 0.456 e. The van der Waals surface area contributed by atoms with Crippen molar-refractivity contribution in [3.8, 4) is 10.6 Å². The topological polar surface area (TPSA) is 55.6 Å². The summed E-state index contributed by atoms with van der Waals surface area (Å²) in [5, 5.41) is 2.96. The molecule has 3 aromatic rings. The highest BCUT2D eigenvalue weighted by molar-refractivity contribution is 7.13. The first-order valence-corrected chi connectivity index (χ1v) is 9.06. The Kier molecular flexibility index (Phi) is 4.38. The van der Waals surface area contributed by atoms with Crippen LogP contribution >= 0.6 is 11.3 Å². The highest BCUT2D eigenvalue weighted by Crippen LogP contribution is 2.31. The summed E-state index contributed by atoms with van der Waals surface area (Å²) in [6.07, 6.45) is 0. The van der Waals surface area contributed by atoms with Gasteiger partial charge in [-0.05, 0) is 19.1 Å². The van der Waals surface area contributed by atoms with Gasteiger partial charge in [-0.2, -0.15) is 0 Å². The minimum Gasteiger partial charge on any atom is -0.456 e. The summed E-state index contributed by atoms with van der Waals surface area (Å²) in [5.41, 5.74) is 1.94. The maximum Gasteiger partial charge on any atom is 0.290 e. The Bertz CT molecular complexity index is 872. The number of rotatable bonds is 3. The van der Waals surface area contributed by atoms with E-state index >= 15 is 0 Å². The Morgan fingerprint density at radius 3 is 2.84 bits per heavy atom. The van der Waals surface area contributed by atoms with Gasteiger partial charge in [-0.1, -0.05) is 30.3 Å². The first-order chi connectivity index (χ1) is 12.2. The lowest BCUT2D eigenvalue weighted by molar-refractivity contribution is -0.00531. The molecule has 0 unspecified atom stereocenters. The van der Waals surface area contributed by atoms with Crippen molar-refractivity contribution in [2.75, 3.05) is 19.8 Å². The molecule has 0 saturated carbocycles. The number of carbonyl (C=O) groups excluding carboxylic acids is 1. The predicted octanol–water partition coefficient (Wildman–Crippen LogP) is 3.93. The van der Waals surface area contributed by atoms with Gasteiger partial charge >= 0.3 is 0 Å². The van der Waals surface area contributed by atoms with E-state index in [1.54, 1.807) is 28.4 Å². The van der Waals surface area contributed by atoms with Crippen molar-refractivity contribution in [1.29, 1.82) is 0 Å². The second-order valence-electron chi connectivity index (χ2n) is 5.94. The molecule has 1 aliphatic heterocycles. The number of aromatic nitrogens is 1. The van der Waals surface area contributed by atoms with Gasteiger partial charge in [0.05, 0.1) is 24.9 Å². The molecule has 1 atom stereocenters. The number of benzene rings is 1. The molecule has 0 aliphatic carbocycles. The van der Waals surface area contributed by atoms with E-state index in [1.165, 1.54) is 0 Å². The van der Waals surface area contributed by atoms with Crippen LogP contribution in [0.15, 0.2) is 52.3 Å². The summed E-state index contributed by atoms with van der Waals surface area (Å²) >= 11 is 1.58. The Hall–Kier alpha value is -2.44. The molecule has 5 nitrogen and oxygen atoms in total. The van der Waals surface area contributed by atoms with E-state index in [1.807, 2.05) is 42.6 Å². The molecule has 6 heteroatoms. The van der Waals surface area contributed by atoms with Gasteiger partial charge in [-0.15, -0.1) is 11.3 Å². The van der Waals surface area contributed by atoms with Crippen molar-refractivity contribution in [3.05, 3.63) is 65.1 Å². The van der Waals surface area contributed by atoms with E-state index in [0.717, 1.165) is 22.0 Å². The summed E-state index contributed by atoms with van der Waals surface area (Å²) in [6.45, 7) is 3.34. The zero-order chi connectivity index (χ0) is 17.2. The Balaban J connectivity index is 1.61. The molecule has 1 saturated heterocycles. The molecule has 1 amide bonds. The number of amides is 1. The average Bonchev–Trinajstić information content (AvgIpc) is 3.31. The third-order valence-corrected chi connectivity index (χ3v) is 5.13. The maximum atomic E-state index is 12.8. The van der Waals surface area contributed by atoms with Gasteiger partial charge in [0.2, 0.25) is 0 Å². The van der Waals surface area contributed by atoms with Crippen molar-refractivity contribution in [2.45, 2.75) is 13.0 Å². The zero-order valence-corrected chi connectivity index (χ0v) is 14.7. The lowest BCUT2D eigenvalue weighted by Gasteiger charge is -2.34. The fourth-order valence-electron chi connectivity index (χ4n) is 2.94. The molecule has 1 aromatic carbocycles. The Morgan fingerprint density at radius 2 is 2.08 bits per heavy atom. The van der Waals surface area contributed by atoms with Crippen LogP contribution in [0.5, 0.6) is 0 Å². The van der Waals surface area contributed by atoms with Crippen LogP contribution in [0.2, 0.25) is 0 Å². The molecule has 25 heavy (non-hydrogen) atoms. The quantitative estimate of drug-likeness (QED) is 0.715. The molecule has 3 heterocycles. The van der Waals surface area contributed by atoms with E-state index in [2.05, 4.69) is 0 Å². The van der Waals surface area contributed by atoms with E-state index in [9.17, 15) is 4.79 Å². The fraction of sp³-hybridized carbons (Fsp3) is 0.263. The van der Waals surface area contributed by atoms with Crippen LogP contribution in [-0.4, -0.2) is 35.5 Å². The van der Waals surface area contributed by atoms with Crippen LogP contribution in [0.4, 0.5) is 0 Å². The van der Waals surface area contributed by atoms with Gasteiger partial charge in [0.1, 0.15) is 10.8 Å². The Morgan fingerprint density at radius 1 is 1.24 bits per heavy atom. The predicted molar refractivity (Wildman–Crippen MR) is 95.6 cm³/mol. The van der Waals surface area contributed by atoms with E-state index in [-0.39, 0.29) is 11.9 Å². The lowest BCUT2D eigenvalue weighted by atomic mass is 10.1. The third kappa shape index (κ3) is 3.23. The average molecular weight is 354 g/mol. The van der Waals surface area contributed by atoms with E-state index in [4.69, 9.17) is 14.1 Å². The van der Waals surface area contributed by atoms with Gasteiger partial charge in [-0.3, -0.25) is 4.79 Å². The molecule has 0 spiro atoms. The summed E-state index contributed by atoms with van der Waals surface area (Å²) in [5.74, 6) is 0.978. The van der Waals surface area contributed by atoms with Crippen LogP contribution in [0.1, 0.15) is 28.1 Å². The molecule has 1 aliphatic rings. The standard InChI is InChI=1S/C19H18N2O3S/c1-13-7-8-17(24-13)19(22)21-9-10-23-11-16(21)15-12-25-18(20-15)14-5-3-2-4-6-14/h2-8,12,16H,9-11H2,1H3/t16-/m1/s1. The fourth-order valence-corrected chi connectivity index (χ4v) is 3.81. The second-order valence-corrected chi connectivity index (χ2v) is 6.80. The first kappa shape index (κ1) is 16.1. The van der Waals surface area contributed by atoms with Crippen molar-refractivity contribution in [2.24, 2.45) is 0 Å². The van der Waals surface area contributed by atoms with Crippen molar-refractivity contribution in [1.82, 2.24) is 9.88 Å². The highest BCUT2D eigenvalue weighted by atomic mass is 32.1. The number of nitrogens with zero attached hydrogens (tertiary/aromatic N) is 2. The molecule has 0 radical (unpaired) electrons. The number of furan rings is 1. The molecular weight excluding hydrogens is 336 g/mol. The minimum absolute atomic E-state index is 0.115. The molecule has 2 aromatic heterocycles. The van der Waals surface area contributed by atoms with E-state index < -0.39 is 0 Å². The molecule has 4 rings (SSSR count). The number of hydrogen-bond acceptors (Lipinski definition) is 5.